The lowest BCUT2D eigenvalue weighted by molar-refractivity contribution is 0.213. The minimum absolute atomic E-state index is 0.638. The molecule has 0 N–H and O–H groups in total. The molecule has 0 bridgehead atoms. The van der Waals surface area contributed by atoms with Gasteiger partial charge >= 0.3 is 0 Å². The lowest BCUT2D eigenvalue weighted by atomic mass is 10.1. The Kier molecular flexibility index (Phi) is 3.65. The van der Waals surface area contributed by atoms with Crippen LogP contribution in [0.1, 0.15) is 18.9 Å². The fourth-order valence-corrected chi connectivity index (χ4v) is 2.37. The zero-order chi connectivity index (χ0) is 12.3. The molecule has 1 aromatic rings. The van der Waals surface area contributed by atoms with E-state index in [1.54, 1.807) is 0 Å². The van der Waals surface area contributed by atoms with Crippen LogP contribution in [0.3, 0.4) is 0 Å². The minimum Gasteiger partial charge on any atom is -0.369 e. The van der Waals surface area contributed by atoms with Gasteiger partial charge in [-0.05, 0) is 37.7 Å². The summed E-state index contributed by atoms with van der Waals surface area (Å²) in [5, 5.41) is 8.78. The van der Waals surface area contributed by atoms with E-state index in [1.165, 1.54) is 12.1 Å². The van der Waals surface area contributed by atoms with Crippen molar-refractivity contribution in [1.82, 2.24) is 4.90 Å². The molecular formula is C14H19N3. The summed E-state index contributed by atoms with van der Waals surface area (Å²) in [5.74, 6) is 0. The summed E-state index contributed by atoms with van der Waals surface area (Å²) in [5.41, 5.74) is 1.96. The van der Waals surface area contributed by atoms with Crippen LogP contribution in [0.5, 0.6) is 0 Å². The Morgan fingerprint density at radius 1 is 1.29 bits per heavy atom. The van der Waals surface area contributed by atoms with Crippen LogP contribution in [0.15, 0.2) is 24.3 Å². The molecule has 1 heterocycles. The first-order chi connectivity index (χ1) is 8.24. The molecule has 3 heteroatoms. The van der Waals surface area contributed by atoms with Crippen molar-refractivity contribution in [3.05, 3.63) is 29.8 Å². The van der Waals surface area contributed by atoms with E-state index in [0.717, 1.165) is 25.2 Å². The van der Waals surface area contributed by atoms with Crippen LogP contribution in [0.2, 0.25) is 0 Å². The second-order valence-electron chi connectivity index (χ2n) is 4.65. The van der Waals surface area contributed by atoms with Gasteiger partial charge in [-0.15, -0.1) is 0 Å². The van der Waals surface area contributed by atoms with Crippen LogP contribution < -0.4 is 4.90 Å². The molecule has 2 rings (SSSR count). The highest BCUT2D eigenvalue weighted by Crippen LogP contribution is 2.20. The van der Waals surface area contributed by atoms with Crippen molar-refractivity contribution in [3.63, 3.8) is 0 Å². The lowest BCUT2D eigenvalue weighted by Crippen LogP contribution is -2.51. The van der Waals surface area contributed by atoms with Gasteiger partial charge in [-0.2, -0.15) is 5.26 Å². The van der Waals surface area contributed by atoms with E-state index in [-0.39, 0.29) is 0 Å². The third-order valence-corrected chi connectivity index (χ3v) is 3.61. The fourth-order valence-electron chi connectivity index (χ4n) is 2.37. The molecule has 0 aromatic heterocycles. The Morgan fingerprint density at radius 3 is 2.59 bits per heavy atom. The van der Waals surface area contributed by atoms with Crippen LogP contribution in [-0.2, 0) is 0 Å². The van der Waals surface area contributed by atoms with Crippen LogP contribution in [0, 0.1) is 11.3 Å². The third kappa shape index (κ3) is 2.59. The topological polar surface area (TPSA) is 30.3 Å². The maximum atomic E-state index is 8.78. The van der Waals surface area contributed by atoms with Gasteiger partial charge in [-0.1, -0.05) is 6.92 Å². The number of likely N-dealkylation sites (N-methyl/N-ethyl adjacent to an activating group) is 1. The molecule has 0 aliphatic carbocycles. The van der Waals surface area contributed by atoms with Crippen LogP contribution in [0.4, 0.5) is 5.69 Å². The Labute approximate surface area is 103 Å². The summed E-state index contributed by atoms with van der Waals surface area (Å²) in [7, 11) is 2.20. The van der Waals surface area contributed by atoms with Crippen molar-refractivity contribution >= 4 is 5.69 Å². The Morgan fingerprint density at radius 2 is 2.00 bits per heavy atom. The molecule has 1 aliphatic heterocycles. The van der Waals surface area contributed by atoms with Gasteiger partial charge in [0.25, 0.3) is 0 Å². The summed E-state index contributed by atoms with van der Waals surface area (Å²) in [6, 6.07) is 10.7. The molecule has 0 radical (unpaired) electrons. The zero-order valence-electron chi connectivity index (χ0n) is 10.6. The average molecular weight is 229 g/mol. The predicted molar refractivity (Wildman–Crippen MR) is 70.1 cm³/mol. The van der Waals surface area contributed by atoms with E-state index in [9.17, 15) is 0 Å². The highest BCUT2D eigenvalue weighted by molar-refractivity contribution is 5.50. The smallest absolute Gasteiger partial charge is 0.0991 e. The standard InChI is InChI=1S/C14H19N3/c1-3-13-11-17(9-8-16(13)2)14-6-4-12(10-15)5-7-14/h4-7,13H,3,8-9,11H2,1-2H3. The molecule has 1 aliphatic rings. The molecule has 3 nitrogen and oxygen atoms in total. The first-order valence-corrected chi connectivity index (χ1v) is 6.20. The van der Waals surface area contributed by atoms with E-state index in [1.807, 2.05) is 12.1 Å². The van der Waals surface area contributed by atoms with E-state index in [0.29, 0.717) is 6.04 Å². The van der Waals surface area contributed by atoms with Crippen molar-refractivity contribution in [1.29, 1.82) is 5.26 Å². The first-order valence-electron chi connectivity index (χ1n) is 6.20. The molecule has 90 valence electrons. The highest BCUT2D eigenvalue weighted by Gasteiger charge is 2.22. The Hall–Kier alpha value is -1.53. The molecule has 0 spiro atoms. The predicted octanol–water partition coefficient (Wildman–Crippen LogP) is 2.09. The SMILES string of the molecule is CCC1CN(c2ccc(C#N)cc2)CCN1C. The van der Waals surface area contributed by atoms with Gasteiger partial charge in [0.1, 0.15) is 0 Å². The average Bonchev–Trinajstić information content (AvgIpc) is 2.39. The summed E-state index contributed by atoms with van der Waals surface area (Å²) >= 11 is 0. The summed E-state index contributed by atoms with van der Waals surface area (Å²) in [4.78, 5) is 4.84. The summed E-state index contributed by atoms with van der Waals surface area (Å²) in [6.45, 7) is 5.50. The van der Waals surface area contributed by atoms with E-state index in [2.05, 4.69) is 42.0 Å². The third-order valence-electron chi connectivity index (χ3n) is 3.61. The van der Waals surface area contributed by atoms with Gasteiger partial charge in [0.15, 0.2) is 0 Å². The second kappa shape index (κ2) is 5.20. The van der Waals surface area contributed by atoms with Crippen LogP contribution in [-0.4, -0.2) is 37.6 Å². The second-order valence-corrected chi connectivity index (χ2v) is 4.65. The largest absolute Gasteiger partial charge is 0.369 e. The quantitative estimate of drug-likeness (QED) is 0.778. The molecule has 1 aromatic carbocycles. The first kappa shape index (κ1) is 11.9. The molecular weight excluding hydrogens is 210 g/mol. The number of hydrogen-bond acceptors (Lipinski definition) is 3. The van der Waals surface area contributed by atoms with Gasteiger partial charge < -0.3 is 4.90 Å². The monoisotopic (exact) mass is 229 g/mol. The Bertz CT molecular complexity index is 404. The van der Waals surface area contributed by atoms with Crippen molar-refractivity contribution in [3.8, 4) is 6.07 Å². The fraction of sp³-hybridized carbons (Fsp3) is 0.500. The van der Waals surface area contributed by atoms with Crippen LogP contribution in [0.25, 0.3) is 0 Å². The van der Waals surface area contributed by atoms with Gasteiger partial charge in [-0.25, -0.2) is 0 Å². The van der Waals surface area contributed by atoms with Crippen LogP contribution >= 0.6 is 0 Å². The normalized spacial score (nSPS) is 21.2. The number of nitrogens with zero attached hydrogens (tertiary/aromatic N) is 3. The zero-order valence-corrected chi connectivity index (χ0v) is 10.6. The number of anilines is 1. The number of nitriles is 1. The summed E-state index contributed by atoms with van der Waals surface area (Å²) in [6.07, 6.45) is 1.18. The number of piperazine rings is 1. The molecule has 1 unspecified atom stereocenters. The minimum atomic E-state index is 0.638. The van der Waals surface area contributed by atoms with Gasteiger partial charge in [0.05, 0.1) is 11.6 Å². The molecule has 0 saturated carbocycles. The van der Waals surface area contributed by atoms with E-state index in [4.69, 9.17) is 5.26 Å². The van der Waals surface area contributed by atoms with E-state index < -0.39 is 0 Å². The van der Waals surface area contributed by atoms with Crippen molar-refractivity contribution < 1.29 is 0 Å². The van der Waals surface area contributed by atoms with Crippen molar-refractivity contribution in [2.24, 2.45) is 0 Å². The highest BCUT2D eigenvalue weighted by atomic mass is 15.3. The summed E-state index contributed by atoms with van der Waals surface area (Å²) < 4.78 is 0. The van der Waals surface area contributed by atoms with Crippen molar-refractivity contribution in [2.45, 2.75) is 19.4 Å². The Balaban J connectivity index is 2.09. The molecule has 1 atom stereocenters. The molecule has 1 saturated heterocycles. The lowest BCUT2D eigenvalue weighted by Gasteiger charge is -2.40. The number of rotatable bonds is 2. The maximum absolute atomic E-state index is 8.78. The van der Waals surface area contributed by atoms with E-state index >= 15 is 0 Å². The van der Waals surface area contributed by atoms with Gasteiger partial charge in [0.2, 0.25) is 0 Å². The molecule has 1 fully saturated rings. The molecule has 17 heavy (non-hydrogen) atoms. The van der Waals surface area contributed by atoms with Gasteiger partial charge in [-0.3, -0.25) is 4.90 Å². The molecule has 0 amide bonds. The number of benzene rings is 1. The van der Waals surface area contributed by atoms with Gasteiger partial charge in [0, 0.05) is 31.4 Å². The maximum Gasteiger partial charge on any atom is 0.0991 e. The van der Waals surface area contributed by atoms with Crippen molar-refractivity contribution in [2.75, 3.05) is 31.6 Å². The number of hydrogen-bond donors (Lipinski definition) is 0.